The molecule has 0 saturated heterocycles. The molecular weight excluding hydrogens is 326 g/mol. The molecular formula is C21H17N3O2. The standard InChI is InChI=1S/C21H17N3O2/c1-26-21(25)16-8-4-7-15(9-16)19-13-23-20(24-19)11-18-10-14-5-2-3-6-17(14)12-22-18/h2-10,12-13H,11H2,1H3,(H,23,24). The van der Waals surface area contributed by atoms with Crippen LogP contribution in [0.2, 0.25) is 0 Å². The number of carbonyl (C=O) groups excluding carboxylic acids is 1. The minimum absolute atomic E-state index is 0.355. The number of ether oxygens (including phenoxy) is 1. The highest BCUT2D eigenvalue weighted by molar-refractivity contribution is 5.90. The van der Waals surface area contributed by atoms with Gasteiger partial charge in [-0.3, -0.25) is 4.98 Å². The first kappa shape index (κ1) is 16.0. The highest BCUT2D eigenvalue weighted by Gasteiger charge is 2.09. The number of aromatic amines is 1. The number of esters is 1. The van der Waals surface area contributed by atoms with Crippen LogP contribution >= 0.6 is 0 Å². The molecule has 0 bridgehead atoms. The number of rotatable bonds is 4. The van der Waals surface area contributed by atoms with E-state index in [2.05, 4.69) is 27.1 Å². The highest BCUT2D eigenvalue weighted by Crippen LogP contribution is 2.20. The number of carbonyl (C=O) groups is 1. The average Bonchev–Trinajstić information content (AvgIpc) is 3.16. The second-order valence-corrected chi connectivity index (χ2v) is 6.02. The maximum absolute atomic E-state index is 11.7. The normalized spacial score (nSPS) is 10.8. The predicted molar refractivity (Wildman–Crippen MR) is 99.9 cm³/mol. The van der Waals surface area contributed by atoms with Crippen LogP contribution in [0, 0.1) is 0 Å². The van der Waals surface area contributed by atoms with Crippen molar-refractivity contribution in [3.8, 4) is 11.3 Å². The topological polar surface area (TPSA) is 67.9 Å². The van der Waals surface area contributed by atoms with Crippen molar-refractivity contribution >= 4 is 16.7 Å². The van der Waals surface area contributed by atoms with Crippen molar-refractivity contribution in [2.24, 2.45) is 0 Å². The third kappa shape index (κ3) is 3.19. The molecule has 4 rings (SSSR count). The molecule has 5 heteroatoms. The summed E-state index contributed by atoms with van der Waals surface area (Å²) in [6, 6.07) is 17.5. The quantitative estimate of drug-likeness (QED) is 0.569. The van der Waals surface area contributed by atoms with Gasteiger partial charge in [-0.15, -0.1) is 0 Å². The molecule has 4 aromatic rings. The van der Waals surface area contributed by atoms with Crippen LogP contribution in [-0.4, -0.2) is 28.0 Å². The Morgan fingerprint density at radius 3 is 2.69 bits per heavy atom. The third-order valence-electron chi connectivity index (χ3n) is 4.26. The number of imidazole rings is 1. The van der Waals surface area contributed by atoms with Gasteiger partial charge in [-0.2, -0.15) is 0 Å². The first-order valence-corrected chi connectivity index (χ1v) is 8.29. The van der Waals surface area contributed by atoms with E-state index >= 15 is 0 Å². The van der Waals surface area contributed by atoms with Crippen molar-refractivity contribution < 1.29 is 9.53 Å². The third-order valence-corrected chi connectivity index (χ3v) is 4.26. The van der Waals surface area contributed by atoms with E-state index in [9.17, 15) is 4.79 Å². The molecule has 0 aliphatic heterocycles. The van der Waals surface area contributed by atoms with E-state index in [1.54, 1.807) is 18.3 Å². The van der Waals surface area contributed by atoms with Crippen LogP contribution < -0.4 is 0 Å². The highest BCUT2D eigenvalue weighted by atomic mass is 16.5. The summed E-state index contributed by atoms with van der Waals surface area (Å²) >= 11 is 0. The van der Waals surface area contributed by atoms with Crippen LogP contribution in [0.3, 0.4) is 0 Å². The zero-order chi connectivity index (χ0) is 17.9. The average molecular weight is 343 g/mol. The minimum atomic E-state index is -0.355. The SMILES string of the molecule is COC(=O)c1cccc(-c2cnc(Cc3cc4ccccc4cn3)[nH]2)c1. The molecule has 0 unspecified atom stereocenters. The van der Waals surface area contributed by atoms with Gasteiger partial charge in [0, 0.05) is 29.3 Å². The Hall–Kier alpha value is -3.47. The van der Waals surface area contributed by atoms with E-state index in [1.165, 1.54) is 7.11 Å². The summed E-state index contributed by atoms with van der Waals surface area (Å²) in [6.45, 7) is 0. The maximum Gasteiger partial charge on any atom is 0.337 e. The Balaban J connectivity index is 1.58. The smallest absolute Gasteiger partial charge is 0.337 e. The molecule has 1 N–H and O–H groups in total. The van der Waals surface area contributed by atoms with Crippen LogP contribution in [0.1, 0.15) is 21.9 Å². The number of nitrogens with zero attached hydrogens (tertiary/aromatic N) is 2. The van der Waals surface area contributed by atoms with Gasteiger partial charge < -0.3 is 9.72 Å². The van der Waals surface area contributed by atoms with E-state index < -0.39 is 0 Å². The first-order chi connectivity index (χ1) is 12.7. The molecule has 0 radical (unpaired) electrons. The number of H-pyrrole nitrogens is 1. The van der Waals surface area contributed by atoms with Gasteiger partial charge in [0.15, 0.2) is 0 Å². The lowest BCUT2D eigenvalue weighted by Crippen LogP contribution is -2.00. The zero-order valence-electron chi connectivity index (χ0n) is 14.3. The molecule has 5 nitrogen and oxygen atoms in total. The number of hydrogen-bond acceptors (Lipinski definition) is 4. The Morgan fingerprint density at radius 2 is 1.85 bits per heavy atom. The fraction of sp³-hybridized carbons (Fsp3) is 0.0952. The second kappa shape index (κ2) is 6.80. The Bertz CT molecular complexity index is 1090. The molecule has 0 fully saturated rings. The lowest BCUT2D eigenvalue weighted by Gasteiger charge is -2.03. The molecule has 0 amide bonds. The minimum Gasteiger partial charge on any atom is -0.465 e. The summed E-state index contributed by atoms with van der Waals surface area (Å²) in [4.78, 5) is 24.0. The van der Waals surface area contributed by atoms with Gasteiger partial charge in [0.05, 0.1) is 24.6 Å². The summed E-state index contributed by atoms with van der Waals surface area (Å²) in [5.41, 5.74) is 3.20. The summed E-state index contributed by atoms with van der Waals surface area (Å²) < 4.78 is 4.77. The molecule has 2 aromatic carbocycles. The van der Waals surface area contributed by atoms with E-state index in [0.717, 1.165) is 33.5 Å². The molecule has 0 atom stereocenters. The number of aromatic nitrogens is 3. The molecule has 26 heavy (non-hydrogen) atoms. The number of nitrogens with one attached hydrogen (secondary N) is 1. The molecule has 0 aliphatic carbocycles. The summed E-state index contributed by atoms with van der Waals surface area (Å²) in [5.74, 6) is 0.471. The van der Waals surface area contributed by atoms with E-state index in [1.807, 2.05) is 36.5 Å². The van der Waals surface area contributed by atoms with Crippen LogP contribution in [-0.2, 0) is 11.2 Å². The fourth-order valence-corrected chi connectivity index (χ4v) is 2.93. The second-order valence-electron chi connectivity index (χ2n) is 6.02. The van der Waals surface area contributed by atoms with Gasteiger partial charge in [-0.25, -0.2) is 9.78 Å². The number of methoxy groups -OCH3 is 1. The Kier molecular flexibility index (Phi) is 4.19. The van der Waals surface area contributed by atoms with Crippen molar-refractivity contribution in [3.05, 3.63) is 84.1 Å². The molecule has 0 aliphatic rings. The summed E-state index contributed by atoms with van der Waals surface area (Å²) in [7, 11) is 1.37. The number of pyridine rings is 1. The maximum atomic E-state index is 11.7. The molecule has 2 heterocycles. The number of benzene rings is 2. The zero-order valence-corrected chi connectivity index (χ0v) is 14.3. The first-order valence-electron chi connectivity index (χ1n) is 8.29. The van der Waals surface area contributed by atoms with Crippen molar-refractivity contribution in [2.75, 3.05) is 7.11 Å². The summed E-state index contributed by atoms with van der Waals surface area (Å²) in [6.07, 6.45) is 4.27. The van der Waals surface area contributed by atoms with Gasteiger partial charge in [0.2, 0.25) is 0 Å². The van der Waals surface area contributed by atoms with Crippen LogP contribution in [0.4, 0.5) is 0 Å². The molecule has 2 aromatic heterocycles. The van der Waals surface area contributed by atoms with Crippen molar-refractivity contribution in [1.82, 2.24) is 15.0 Å². The van der Waals surface area contributed by atoms with Gasteiger partial charge in [0.1, 0.15) is 5.82 Å². The van der Waals surface area contributed by atoms with Crippen LogP contribution in [0.15, 0.2) is 67.0 Å². The molecule has 0 spiro atoms. The van der Waals surface area contributed by atoms with Crippen molar-refractivity contribution in [1.29, 1.82) is 0 Å². The van der Waals surface area contributed by atoms with Gasteiger partial charge >= 0.3 is 5.97 Å². The monoisotopic (exact) mass is 343 g/mol. The van der Waals surface area contributed by atoms with Gasteiger partial charge in [-0.05, 0) is 23.6 Å². The van der Waals surface area contributed by atoms with E-state index in [-0.39, 0.29) is 5.97 Å². The Morgan fingerprint density at radius 1 is 1.00 bits per heavy atom. The van der Waals surface area contributed by atoms with E-state index in [0.29, 0.717) is 12.0 Å². The van der Waals surface area contributed by atoms with Crippen LogP contribution in [0.5, 0.6) is 0 Å². The van der Waals surface area contributed by atoms with Crippen molar-refractivity contribution in [2.45, 2.75) is 6.42 Å². The number of fused-ring (bicyclic) bond motifs is 1. The lowest BCUT2D eigenvalue weighted by molar-refractivity contribution is 0.0601. The largest absolute Gasteiger partial charge is 0.465 e. The van der Waals surface area contributed by atoms with Crippen molar-refractivity contribution in [3.63, 3.8) is 0 Å². The lowest BCUT2D eigenvalue weighted by atomic mass is 10.1. The Labute approximate surface area is 150 Å². The molecule has 128 valence electrons. The van der Waals surface area contributed by atoms with Gasteiger partial charge in [0.25, 0.3) is 0 Å². The van der Waals surface area contributed by atoms with Crippen LogP contribution in [0.25, 0.3) is 22.0 Å². The molecule has 0 saturated carbocycles. The fourth-order valence-electron chi connectivity index (χ4n) is 2.93. The summed E-state index contributed by atoms with van der Waals surface area (Å²) in [5, 5.41) is 2.28. The van der Waals surface area contributed by atoms with Gasteiger partial charge in [-0.1, -0.05) is 36.4 Å². The number of hydrogen-bond donors (Lipinski definition) is 1. The predicted octanol–water partition coefficient (Wildman–Crippen LogP) is 4.00. The van der Waals surface area contributed by atoms with E-state index in [4.69, 9.17) is 4.74 Å².